The maximum Gasteiger partial charge on any atom is 0.117 e. The minimum absolute atomic E-state index is 0.622. The molecule has 2 rings (SSSR count). The number of likely N-dealkylation sites (N-methyl/N-ethyl adjacent to an activating group) is 1. The summed E-state index contributed by atoms with van der Waals surface area (Å²) in [4.78, 5) is 0. The standard InChI is InChI=1S/C17H20N2O/c1-13-7-9-15(10-8-13)17(19-20)16-6-4-3-5-14(16)11-12-18-2/h3-10,18,20H,11-12H2,1-2H3/b19-17-. The van der Waals surface area contributed by atoms with Crippen LogP contribution in [0.3, 0.4) is 0 Å². The molecule has 0 amide bonds. The first-order valence-electron chi connectivity index (χ1n) is 6.78. The Morgan fingerprint density at radius 1 is 1.10 bits per heavy atom. The van der Waals surface area contributed by atoms with Gasteiger partial charge in [0, 0.05) is 11.1 Å². The summed E-state index contributed by atoms with van der Waals surface area (Å²) < 4.78 is 0. The average Bonchev–Trinajstić information content (AvgIpc) is 2.49. The smallest absolute Gasteiger partial charge is 0.117 e. The average molecular weight is 268 g/mol. The Morgan fingerprint density at radius 3 is 2.45 bits per heavy atom. The van der Waals surface area contributed by atoms with E-state index in [9.17, 15) is 5.21 Å². The maximum absolute atomic E-state index is 9.42. The van der Waals surface area contributed by atoms with Gasteiger partial charge in [-0.2, -0.15) is 0 Å². The monoisotopic (exact) mass is 268 g/mol. The van der Waals surface area contributed by atoms with Crippen LogP contribution in [0.15, 0.2) is 53.7 Å². The lowest BCUT2D eigenvalue weighted by Crippen LogP contribution is -2.14. The molecular weight excluding hydrogens is 248 g/mol. The fraction of sp³-hybridized carbons (Fsp3) is 0.235. The molecular formula is C17H20N2O. The van der Waals surface area contributed by atoms with Crippen LogP contribution in [0.25, 0.3) is 0 Å². The molecule has 2 aromatic rings. The van der Waals surface area contributed by atoms with Gasteiger partial charge >= 0.3 is 0 Å². The van der Waals surface area contributed by atoms with Crippen LogP contribution in [0.5, 0.6) is 0 Å². The van der Waals surface area contributed by atoms with Crippen LogP contribution in [0.1, 0.15) is 22.3 Å². The molecule has 3 heteroatoms. The number of oxime groups is 1. The highest BCUT2D eigenvalue weighted by Gasteiger charge is 2.11. The molecule has 0 aliphatic carbocycles. The van der Waals surface area contributed by atoms with E-state index < -0.39 is 0 Å². The third kappa shape index (κ3) is 3.25. The van der Waals surface area contributed by atoms with Crippen LogP contribution in [0, 0.1) is 6.92 Å². The lowest BCUT2D eigenvalue weighted by molar-refractivity contribution is 0.319. The van der Waals surface area contributed by atoms with E-state index in [1.807, 2.05) is 56.4 Å². The molecule has 0 heterocycles. The van der Waals surface area contributed by atoms with Gasteiger partial charge in [-0.05, 0) is 32.5 Å². The van der Waals surface area contributed by atoms with E-state index in [0.29, 0.717) is 5.71 Å². The molecule has 0 aliphatic heterocycles. The van der Waals surface area contributed by atoms with E-state index in [1.54, 1.807) is 0 Å². The Morgan fingerprint density at radius 2 is 1.80 bits per heavy atom. The summed E-state index contributed by atoms with van der Waals surface area (Å²) in [6, 6.07) is 16.1. The lowest BCUT2D eigenvalue weighted by atomic mass is 9.95. The summed E-state index contributed by atoms with van der Waals surface area (Å²) in [6.07, 6.45) is 0.900. The van der Waals surface area contributed by atoms with Gasteiger partial charge in [0.15, 0.2) is 0 Å². The molecule has 0 aromatic heterocycles. The highest BCUT2D eigenvalue weighted by molar-refractivity contribution is 6.13. The van der Waals surface area contributed by atoms with Crippen molar-refractivity contribution in [2.45, 2.75) is 13.3 Å². The van der Waals surface area contributed by atoms with Gasteiger partial charge in [-0.25, -0.2) is 0 Å². The quantitative estimate of drug-likeness (QED) is 0.497. The van der Waals surface area contributed by atoms with Crippen LogP contribution < -0.4 is 5.32 Å². The second-order valence-electron chi connectivity index (χ2n) is 4.83. The zero-order valence-corrected chi connectivity index (χ0v) is 11.9. The lowest BCUT2D eigenvalue weighted by Gasteiger charge is -2.11. The van der Waals surface area contributed by atoms with E-state index in [4.69, 9.17) is 0 Å². The largest absolute Gasteiger partial charge is 0.410 e. The molecule has 3 nitrogen and oxygen atoms in total. The number of benzene rings is 2. The highest BCUT2D eigenvalue weighted by Crippen LogP contribution is 2.16. The van der Waals surface area contributed by atoms with Crippen LogP contribution in [-0.4, -0.2) is 24.5 Å². The molecule has 20 heavy (non-hydrogen) atoms. The van der Waals surface area contributed by atoms with Crippen molar-refractivity contribution in [1.82, 2.24) is 5.32 Å². The molecule has 0 atom stereocenters. The SMILES string of the molecule is CNCCc1ccccc1/C(=N\O)c1ccc(C)cc1. The predicted molar refractivity (Wildman–Crippen MR) is 82.7 cm³/mol. The topological polar surface area (TPSA) is 44.6 Å². The first-order valence-corrected chi connectivity index (χ1v) is 6.78. The molecule has 0 saturated carbocycles. The van der Waals surface area contributed by atoms with Gasteiger partial charge in [-0.15, -0.1) is 0 Å². The van der Waals surface area contributed by atoms with Crippen molar-refractivity contribution in [2.75, 3.05) is 13.6 Å². The number of rotatable bonds is 5. The summed E-state index contributed by atoms with van der Waals surface area (Å²) in [5.41, 5.74) is 4.89. The molecule has 0 bridgehead atoms. The molecule has 0 fully saturated rings. The molecule has 2 N–H and O–H groups in total. The van der Waals surface area contributed by atoms with Gasteiger partial charge < -0.3 is 10.5 Å². The molecule has 2 aromatic carbocycles. The second kappa shape index (κ2) is 6.87. The minimum Gasteiger partial charge on any atom is -0.410 e. The summed E-state index contributed by atoms with van der Waals surface area (Å²) in [7, 11) is 1.93. The highest BCUT2D eigenvalue weighted by atomic mass is 16.4. The van der Waals surface area contributed by atoms with Gasteiger partial charge in [0.2, 0.25) is 0 Å². The summed E-state index contributed by atoms with van der Waals surface area (Å²) >= 11 is 0. The summed E-state index contributed by atoms with van der Waals surface area (Å²) in [5.74, 6) is 0. The van der Waals surface area contributed by atoms with Crippen molar-refractivity contribution in [1.29, 1.82) is 0 Å². The van der Waals surface area contributed by atoms with E-state index in [-0.39, 0.29) is 0 Å². The van der Waals surface area contributed by atoms with Gasteiger partial charge in [-0.1, -0.05) is 59.3 Å². The molecule has 0 aliphatic rings. The third-order valence-corrected chi connectivity index (χ3v) is 3.34. The number of nitrogens with one attached hydrogen (secondary N) is 1. The third-order valence-electron chi connectivity index (χ3n) is 3.34. The number of nitrogens with zero attached hydrogens (tertiary/aromatic N) is 1. The van der Waals surface area contributed by atoms with Crippen LogP contribution in [0.4, 0.5) is 0 Å². The first kappa shape index (κ1) is 14.3. The van der Waals surface area contributed by atoms with Crippen molar-refractivity contribution in [3.63, 3.8) is 0 Å². The Bertz CT molecular complexity index is 588. The van der Waals surface area contributed by atoms with Crippen LogP contribution >= 0.6 is 0 Å². The second-order valence-corrected chi connectivity index (χ2v) is 4.83. The molecule has 104 valence electrons. The number of hydrogen-bond acceptors (Lipinski definition) is 3. The number of aryl methyl sites for hydroxylation is 1. The Labute approximate surface area is 120 Å². The Kier molecular flexibility index (Phi) is 4.91. The maximum atomic E-state index is 9.42. The van der Waals surface area contributed by atoms with Crippen molar-refractivity contribution in [2.24, 2.45) is 5.16 Å². The first-order chi connectivity index (χ1) is 9.76. The Hall–Kier alpha value is -2.13. The van der Waals surface area contributed by atoms with Crippen molar-refractivity contribution < 1.29 is 5.21 Å². The fourth-order valence-electron chi connectivity index (χ4n) is 2.21. The molecule has 0 saturated heterocycles. The number of hydrogen-bond donors (Lipinski definition) is 2. The Balaban J connectivity index is 2.39. The van der Waals surface area contributed by atoms with Gasteiger partial charge in [-0.3, -0.25) is 0 Å². The van der Waals surface area contributed by atoms with E-state index in [0.717, 1.165) is 24.1 Å². The van der Waals surface area contributed by atoms with E-state index in [1.165, 1.54) is 11.1 Å². The molecule has 0 unspecified atom stereocenters. The predicted octanol–water partition coefficient (Wildman–Crippen LogP) is 2.98. The summed E-state index contributed by atoms with van der Waals surface area (Å²) in [5, 5.41) is 16.1. The zero-order valence-electron chi connectivity index (χ0n) is 11.9. The fourth-order valence-corrected chi connectivity index (χ4v) is 2.21. The van der Waals surface area contributed by atoms with Crippen molar-refractivity contribution in [3.05, 3.63) is 70.8 Å². The zero-order chi connectivity index (χ0) is 14.4. The van der Waals surface area contributed by atoms with Gasteiger partial charge in [0.1, 0.15) is 5.71 Å². The van der Waals surface area contributed by atoms with E-state index in [2.05, 4.69) is 16.5 Å². The van der Waals surface area contributed by atoms with Crippen molar-refractivity contribution in [3.8, 4) is 0 Å². The van der Waals surface area contributed by atoms with Gasteiger partial charge in [0.25, 0.3) is 0 Å². The summed E-state index contributed by atoms with van der Waals surface area (Å²) in [6.45, 7) is 2.93. The van der Waals surface area contributed by atoms with E-state index >= 15 is 0 Å². The molecule has 0 radical (unpaired) electrons. The van der Waals surface area contributed by atoms with Crippen molar-refractivity contribution >= 4 is 5.71 Å². The normalized spacial score (nSPS) is 11.6. The minimum atomic E-state index is 0.622. The van der Waals surface area contributed by atoms with Gasteiger partial charge in [0.05, 0.1) is 0 Å². The van der Waals surface area contributed by atoms with Crippen LogP contribution in [-0.2, 0) is 6.42 Å². The molecule has 0 spiro atoms. The van der Waals surface area contributed by atoms with Crippen LogP contribution in [0.2, 0.25) is 0 Å².